The molecule has 1 aliphatic heterocycles. The Morgan fingerprint density at radius 3 is 2.76 bits per heavy atom. The number of fused-ring (bicyclic) bond motifs is 1. The first kappa shape index (κ1) is 10.8. The Balaban J connectivity index is 1.80. The molecule has 2 aromatic rings. The molecule has 0 unspecified atom stereocenters. The van der Waals surface area contributed by atoms with Crippen LogP contribution >= 0.6 is 0 Å². The monoisotopic (exact) mass is 229 g/mol. The molecule has 0 amide bonds. The molecule has 2 heteroatoms. The highest BCUT2D eigenvalue weighted by Crippen LogP contribution is 2.22. The molecule has 1 fully saturated rings. The minimum atomic E-state index is 0.966. The number of likely N-dealkylation sites (tertiary alicyclic amines) is 1. The first-order valence-electron chi connectivity index (χ1n) is 6.53. The van der Waals surface area contributed by atoms with Crippen LogP contribution in [0.3, 0.4) is 0 Å². The van der Waals surface area contributed by atoms with Gasteiger partial charge in [0.25, 0.3) is 0 Å². The van der Waals surface area contributed by atoms with E-state index in [0.29, 0.717) is 0 Å². The van der Waals surface area contributed by atoms with Crippen LogP contribution < -0.4 is 0 Å². The molecule has 1 aromatic heterocycles. The number of furan rings is 1. The van der Waals surface area contributed by atoms with Crippen molar-refractivity contribution in [3.8, 4) is 0 Å². The third-order valence-corrected chi connectivity index (χ3v) is 3.55. The Labute approximate surface area is 102 Å². The van der Waals surface area contributed by atoms with E-state index in [9.17, 15) is 0 Å². The molecule has 3 rings (SSSR count). The maximum atomic E-state index is 5.88. The zero-order chi connectivity index (χ0) is 11.7. The minimum Gasteiger partial charge on any atom is -0.460 e. The van der Waals surface area contributed by atoms with E-state index in [4.69, 9.17) is 4.42 Å². The lowest BCUT2D eigenvalue weighted by atomic mass is 10.1. The van der Waals surface area contributed by atoms with E-state index in [1.165, 1.54) is 43.3 Å². The molecule has 0 spiro atoms. The summed E-state index contributed by atoms with van der Waals surface area (Å²) in [6.45, 7) is 5.52. The van der Waals surface area contributed by atoms with Crippen LogP contribution in [-0.2, 0) is 6.54 Å². The van der Waals surface area contributed by atoms with E-state index < -0.39 is 0 Å². The van der Waals surface area contributed by atoms with E-state index >= 15 is 0 Å². The molecule has 0 atom stereocenters. The summed E-state index contributed by atoms with van der Waals surface area (Å²) in [7, 11) is 0. The third kappa shape index (κ3) is 2.37. The van der Waals surface area contributed by atoms with Crippen LogP contribution in [0, 0.1) is 6.92 Å². The molecule has 0 saturated carbocycles. The molecule has 0 aliphatic carbocycles. The van der Waals surface area contributed by atoms with Crippen LogP contribution in [0.2, 0.25) is 0 Å². The first-order chi connectivity index (χ1) is 8.31. The van der Waals surface area contributed by atoms with Gasteiger partial charge in [0.05, 0.1) is 6.54 Å². The SMILES string of the molecule is Cc1ccc2oc(CN3CCCCC3)cc2c1. The summed E-state index contributed by atoms with van der Waals surface area (Å²) in [5.41, 5.74) is 2.31. The summed E-state index contributed by atoms with van der Waals surface area (Å²) in [4.78, 5) is 2.49. The molecule has 90 valence electrons. The molecule has 2 nitrogen and oxygen atoms in total. The van der Waals surface area contributed by atoms with E-state index in [2.05, 4.69) is 36.1 Å². The molecule has 17 heavy (non-hydrogen) atoms. The number of benzene rings is 1. The minimum absolute atomic E-state index is 0.966. The van der Waals surface area contributed by atoms with E-state index in [1.54, 1.807) is 0 Å². The molecule has 0 bridgehead atoms. The summed E-state index contributed by atoms with van der Waals surface area (Å²) >= 11 is 0. The fraction of sp³-hybridized carbons (Fsp3) is 0.467. The van der Waals surface area contributed by atoms with Gasteiger partial charge in [-0.3, -0.25) is 4.90 Å². The summed E-state index contributed by atoms with van der Waals surface area (Å²) in [5.74, 6) is 1.10. The van der Waals surface area contributed by atoms with Gasteiger partial charge in [0, 0.05) is 5.39 Å². The van der Waals surface area contributed by atoms with Crippen molar-refractivity contribution in [3.63, 3.8) is 0 Å². The van der Waals surface area contributed by atoms with Crippen LogP contribution in [0.1, 0.15) is 30.6 Å². The lowest BCUT2D eigenvalue weighted by molar-refractivity contribution is 0.207. The Morgan fingerprint density at radius 2 is 1.94 bits per heavy atom. The molecule has 1 saturated heterocycles. The van der Waals surface area contributed by atoms with Gasteiger partial charge in [0.2, 0.25) is 0 Å². The van der Waals surface area contributed by atoms with Crippen molar-refractivity contribution in [3.05, 3.63) is 35.6 Å². The summed E-state index contributed by atoms with van der Waals surface area (Å²) in [6, 6.07) is 8.57. The smallest absolute Gasteiger partial charge is 0.134 e. The van der Waals surface area contributed by atoms with Crippen molar-refractivity contribution in [2.75, 3.05) is 13.1 Å². The van der Waals surface area contributed by atoms with Gasteiger partial charge in [-0.15, -0.1) is 0 Å². The van der Waals surface area contributed by atoms with Gasteiger partial charge in [-0.05, 0) is 51.1 Å². The van der Waals surface area contributed by atoms with Gasteiger partial charge < -0.3 is 4.42 Å². The number of rotatable bonds is 2. The maximum absolute atomic E-state index is 5.88. The van der Waals surface area contributed by atoms with Crippen LogP contribution in [-0.4, -0.2) is 18.0 Å². The standard InChI is InChI=1S/C15H19NO/c1-12-5-6-15-13(9-12)10-14(17-15)11-16-7-3-2-4-8-16/h5-6,9-10H,2-4,7-8,11H2,1H3. The summed E-state index contributed by atoms with van der Waals surface area (Å²) < 4.78 is 5.88. The number of piperidine rings is 1. The molecular weight excluding hydrogens is 210 g/mol. The highest BCUT2D eigenvalue weighted by atomic mass is 16.3. The second kappa shape index (κ2) is 4.53. The topological polar surface area (TPSA) is 16.4 Å². The van der Waals surface area contributed by atoms with Crippen molar-refractivity contribution < 1.29 is 4.42 Å². The Morgan fingerprint density at radius 1 is 1.12 bits per heavy atom. The van der Waals surface area contributed by atoms with Gasteiger partial charge >= 0.3 is 0 Å². The van der Waals surface area contributed by atoms with Gasteiger partial charge in [-0.1, -0.05) is 18.1 Å². The number of hydrogen-bond donors (Lipinski definition) is 0. The Bertz CT molecular complexity index is 509. The van der Waals surface area contributed by atoms with Crippen LogP contribution in [0.5, 0.6) is 0 Å². The molecular formula is C15H19NO. The average molecular weight is 229 g/mol. The fourth-order valence-corrected chi connectivity index (χ4v) is 2.63. The lowest BCUT2D eigenvalue weighted by Gasteiger charge is -2.25. The Kier molecular flexibility index (Phi) is 2.89. The molecule has 0 N–H and O–H groups in total. The van der Waals surface area contributed by atoms with Gasteiger partial charge in [-0.25, -0.2) is 0 Å². The zero-order valence-corrected chi connectivity index (χ0v) is 10.4. The van der Waals surface area contributed by atoms with Crippen molar-refractivity contribution in [2.45, 2.75) is 32.7 Å². The second-order valence-electron chi connectivity index (χ2n) is 5.09. The van der Waals surface area contributed by atoms with Crippen LogP contribution in [0.4, 0.5) is 0 Å². The fourth-order valence-electron chi connectivity index (χ4n) is 2.63. The van der Waals surface area contributed by atoms with Crippen LogP contribution in [0.25, 0.3) is 11.0 Å². The highest BCUT2D eigenvalue weighted by molar-refractivity contribution is 5.78. The van der Waals surface area contributed by atoms with Gasteiger partial charge in [-0.2, -0.15) is 0 Å². The van der Waals surface area contributed by atoms with Crippen LogP contribution in [0.15, 0.2) is 28.7 Å². The van der Waals surface area contributed by atoms with Gasteiger partial charge in [0.1, 0.15) is 11.3 Å². The molecule has 2 heterocycles. The predicted octanol–water partition coefficient (Wildman–Crippen LogP) is 3.73. The van der Waals surface area contributed by atoms with E-state index in [0.717, 1.165) is 17.9 Å². The average Bonchev–Trinajstić information content (AvgIpc) is 2.71. The highest BCUT2D eigenvalue weighted by Gasteiger charge is 2.12. The zero-order valence-electron chi connectivity index (χ0n) is 10.4. The predicted molar refractivity (Wildman–Crippen MR) is 70.1 cm³/mol. The number of nitrogens with zero attached hydrogens (tertiary/aromatic N) is 1. The van der Waals surface area contributed by atoms with Crippen molar-refractivity contribution in [2.24, 2.45) is 0 Å². The van der Waals surface area contributed by atoms with Gasteiger partial charge in [0.15, 0.2) is 0 Å². The first-order valence-corrected chi connectivity index (χ1v) is 6.53. The second-order valence-corrected chi connectivity index (χ2v) is 5.09. The summed E-state index contributed by atoms with van der Waals surface area (Å²) in [5, 5.41) is 1.23. The van der Waals surface area contributed by atoms with Crippen molar-refractivity contribution in [1.29, 1.82) is 0 Å². The lowest BCUT2D eigenvalue weighted by Crippen LogP contribution is -2.28. The summed E-state index contributed by atoms with van der Waals surface area (Å²) in [6.07, 6.45) is 4.05. The Hall–Kier alpha value is -1.28. The molecule has 0 radical (unpaired) electrons. The van der Waals surface area contributed by atoms with Crippen molar-refractivity contribution in [1.82, 2.24) is 4.90 Å². The molecule has 1 aromatic carbocycles. The maximum Gasteiger partial charge on any atom is 0.134 e. The largest absolute Gasteiger partial charge is 0.460 e. The van der Waals surface area contributed by atoms with Crippen molar-refractivity contribution >= 4 is 11.0 Å². The number of aryl methyl sites for hydroxylation is 1. The third-order valence-electron chi connectivity index (χ3n) is 3.55. The quantitative estimate of drug-likeness (QED) is 0.780. The van der Waals surface area contributed by atoms with E-state index in [-0.39, 0.29) is 0 Å². The normalized spacial score (nSPS) is 17.7. The number of hydrogen-bond acceptors (Lipinski definition) is 2. The molecule has 1 aliphatic rings. The van der Waals surface area contributed by atoms with E-state index in [1.807, 2.05) is 0 Å².